The van der Waals surface area contributed by atoms with E-state index in [0.29, 0.717) is 42.5 Å². The van der Waals surface area contributed by atoms with Crippen LogP contribution in [0.5, 0.6) is 5.75 Å². The van der Waals surface area contributed by atoms with Crippen molar-refractivity contribution in [2.75, 3.05) is 25.6 Å². The van der Waals surface area contributed by atoms with E-state index in [1.165, 1.54) is 0 Å². The Morgan fingerprint density at radius 2 is 2.14 bits per heavy atom. The number of amides is 1. The number of rotatable bonds is 8. The van der Waals surface area contributed by atoms with E-state index in [1.54, 1.807) is 25.3 Å². The second-order valence-corrected chi connectivity index (χ2v) is 4.96. The zero-order valence-electron chi connectivity index (χ0n) is 12.2. The predicted octanol–water partition coefficient (Wildman–Crippen LogP) is 2.85. The Kier molecular flexibility index (Phi) is 10.2. The molecule has 0 aromatic heterocycles. The Balaban J connectivity index is 0.00000400. The third-order valence-electron chi connectivity index (χ3n) is 2.59. The molecule has 1 rings (SSSR count). The van der Waals surface area contributed by atoms with Gasteiger partial charge in [0.05, 0.1) is 11.6 Å². The van der Waals surface area contributed by atoms with E-state index >= 15 is 0 Å². The van der Waals surface area contributed by atoms with Gasteiger partial charge in [0, 0.05) is 25.3 Å². The fourth-order valence-corrected chi connectivity index (χ4v) is 1.75. The molecule has 1 aromatic rings. The summed E-state index contributed by atoms with van der Waals surface area (Å²) in [5, 5.41) is 3.22. The van der Waals surface area contributed by atoms with Crippen LogP contribution in [0.3, 0.4) is 0 Å². The minimum absolute atomic E-state index is 0. The summed E-state index contributed by atoms with van der Waals surface area (Å²) in [5.41, 5.74) is 6.25. The fraction of sp³-hybridized carbons (Fsp3) is 0.500. The maximum Gasteiger partial charge on any atom is 0.224 e. The van der Waals surface area contributed by atoms with Gasteiger partial charge in [-0.3, -0.25) is 4.79 Å². The summed E-state index contributed by atoms with van der Waals surface area (Å²) >= 11 is 6.08. The highest BCUT2D eigenvalue weighted by atomic mass is 35.5. The Bertz CT molecular complexity index is 442. The standard InChI is InChI=1S/C14H21ClN2O3.ClH/c1-10(16)3-6-14(18)17-11-4-5-13(12(15)9-11)20-8-7-19-2;/h4-5,9-10H,3,6-8,16H2,1-2H3,(H,17,18);1H. The largest absolute Gasteiger partial charge is 0.490 e. The third-order valence-corrected chi connectivity index (χ3v) is 2.88. The van der Waals surface area contributed by atoms with E-state index < -0.39 is 0 Å². The summed E-state index contributed by atoms with van der Waals surface area (Å²) in [6.45, 7) is 2.79. The van der Waals surface area contributed by atoms with Gasteiger partial charge in [0.1, 0.15) is 12.4 Å². The predicted molar refractivity (Wildman–Crippen MR) is 87.6 cm³/mol. The van der Waals surface area contributed by atoms with E-state index in [9.17, 15) is 4.79 Å². The number of nitrogens with two attached hydrogens (primary N) is 1. The molecule has 0 radical (unpaired) electrons. The molecule has 0 saturated carbocycles. The zero-order chi connectivity index (χ0) is 15.0. The molecule has 0 fully saturated rings. The number of methoxy groups -OCH3 is 1. The molecule has 5 nitrogen and oxygen atoms in total. The number of ether oxygens (including phenoxy) is 2. The van der Waals surface area contributed by atoms with Crippen molar-refractivity contribution in [2.24, 2.45) is 5.73 Å². The number of hydrogen-bond acceptors (Lipinski definition) is 4. The second kappa shape index (κ2) is 10.7. The average Bonchev–Trinajstić information content (AvgIpc) is 2.39. The summed E-state index contributed by atoms with van der Waals surface area (Å²) in [4.78, 5) is 11.7. The summed E-state index contributed by atoms with van der Waals surface area (Å²) in [6, 6.07) is 5.14. The molecule has 21 heavy (non-hydrogen) atoms. The monoisotopic (exact) mass is 336 g/mol. The maximum atomic E-state index is 11.7. The highest BCUT2D eigenvalue weighted by molar-refractivity contribution is 6.32. The molecule has 1 unspecified atom stereocenters. The molecule has 0 saturated heterocycles. The van der Waals surface area contributed by atoms with Crippen molar-refractivity contribution >= 4 is 35.6 Å². The minimum atomic E-state index is -0.0774. The first-order valence-corrected chi connectivity index (χ1v) is 6.87. The molecular weight excluding hydrogens is 315 g/mol. The highest BCUT2D eigenvalue weighted by Gasteiger charge is 2.07. The number of halogens is 2. The maximum absolute atomic E-state index is 11.7. The number of nitrogens with one attached hydrogen (secondary N) is 1. The third kappa shape index (κ3) is 8.12. The SMILES string of the molecule is COCCOc1ccc(NC(=O)CCC(C)N)cc1Cl.Cl. The highest BCUT2D eigenvalue weighted by Crippen LogP contribution is 2.27. The van der Waals surface area contributed by atoms with Crippen molar-refractivity contribution in [1.82, 2.24) is 0 Å². The number of carbonyl (C=O) groups is 1. The Labute approximate surface area is 136 Å². The van der Waals surface area contributed by atoms with Crippen molar-refractivity contribution in [1.29, 1.82) is 0 Å². The lowest BCUT2D eigenvalue weighted by Crippen LogP contribution is -2.19. The van der Waals surface area contributed by atoms with Crippen LogP contribution in [0, 0.1) is 0 Å². The van der Waals surface area contributed by atoms with Gasteiger partial charge in [-0.15, -0.1) is 12.4 Å². The van der Waals surface area contributed by atoms with E-state index in [0.717, 1.165) is 0 Å². The Morgan fingerprint density at radius 3 is 2.71 bits per heavy atom. The van der Waals surface area contributed by atoms with Gasteiger partial charge in [0.25, 0.3) is 0 Å². The summed E-state index contributed by atoms with van der Waals surface area (Å²) in [7, 11) is 1.60. The zero-order valence-corrected chi connectivity index (χ0v) is 13.8. The molecule has 3 N–H and O–H groups in total. The summed E-state index contributed by atoms with van der Waals surface area (Å²) in [6.07, 6.45) is 1.04. The molecule has 7 heteroatoms. The summed E-state index contributed by atoms with van der Waals surface area (Å²) in [5.74, 6) is 0.490. The van der Waals surface area contributed by atoms with Crippen LogP contribution in [0.25, 0.3) is 0 Å². The lowest BCUT2D eigenvalue weighted by Gasteiger charge is -2.10. The number of hydrogen-bond donors (Lipinski definition) is 2. The van der Waals surface area contributed by atoms with Crippen molar-refractivity contribution in [3.8, 4) is 5.75 Å². The molecule has 0 spiro atoms. The van der Waals surface area contributed by atoms with Gasteiger partial charge < -0.3 is 20.5 Å². The van der Waals surface area contributed by atoms with E-state index in [4.69, 9.17) is 26.8 Å². The van der Waals surface area contributed by atoms with Gasteiger partial charge in [-0.2, -0.15) is 0 Å². The van der Waals surface area contributed by atoms with Gasteiger partial charge in [-0.1, -0.05) is 11.6 Å². The topological polar surface area (TPSA) is 73.6 Å². The molecular formula is C14H22Cl2N2O3. The van der Waals surface area contributed by atoms with Crippen LogP contribution in [-0.2, 0) is 9.53 Å². The Morgan fingerprint density at radius 1 is 1.43 bits per heavy atom. The van der Waals surface area contributed by atoms with Crippen LogP contribution >= 0.6 is 24.0 Å². The van der Waals surface area contributed by atoms with E-state index in [-0.39, 0.29) is 24.4 Å². The van der Waals surface area contributed by atoms with Crippen LogP contribution in [0.2, 0.25) is 5.02 Å². The first-order valence-electron chi connectivity index (χ1n) is 6.49. The smallest absolute Gasteiger partial charge is 0.224 e. The first-order chi connectivity index (χ1) is 9.52. The van der Waals surface area contributed by atoms with Gasteiger partial charge in [0.2, 0.25) is 5.91 Å². The van der Waals surface area contributed by atoms with Gasteiger partial charge in [-0.25, -0.2) is 0 Å². The van der Waals surface area contributed by atoms with Crippen LogP contribution in [0.15, 0.2) is 18.2 Å². The van der Waals surface area contributed by atoms with Crippen LogP contribution in [0.1, 0.15) is 19.8 Å². The fourth-order valence-electron chi connectivity index (χ4n) is 1.51. The molecule has 1 atom stereocenters. The number of anilines is 1. The molecule has 120 valence electrons. The summed E-state index contributed by atoms with van der Waals surface area (Å²) < 4.78 is 10.3. The van der Waals surface area contributed by atoms with Crippen LogP contribution in [-0.4, -0.2) is 32.3 Å². The molecule has 0 heterocycles. The van der Waals surface area contributed by atoms with Crippen LogP contribution in [0.4, 0.5) is 5.69 Å². The van der Waals surface area contributed by atoms with E-state index in [1.807, 2.05) is 6.92 Å². The number of carbonyl (C=O) groups excluding carboxylic acids is 1. The van der Waals surface area contributed by atoms with Crippen molar-refractivity contribution in [3.05, 3.63) is 23.2 Å². The lowest BCUT2D eigenvalue weighted by molar-refractivity contribution is -0.116. The minimum Gasteiger partial charge on any atom is -0.490 e. The van der Waals surface area contributed by atoms with E-state index in [2.05, 4.69) is 5.32 Å². The van der Waals surface area contributed by atoms with Gasteiger partial charge >= 0.3 is 0 Å². The number of benzene rings is 1. The quantitative estimate of drug-likeness (QED) is 0.716. The molecule has 0 aliphatic heterocycles. The molecule has 0 bridgehead atoms. The second-order valence-electron chi connectivity index (χ2n) is 4.55. The van der Waals surface area contributed by atoms with Crippen LogP contribution < -0.4 is 15.8 Å². The molecule has 1 amide bonds. The van der Waals surface area contributed by atoms with Crippen molar-refractivity contribution < 1.29 is 14.3 Å². The average molecular weight is 337 g/mol. The molecule has 1 aromatic carbocycles. The lowest BCUT2D eigenvalue weighted by atomic mass is 10.2. The van der Waals surface area contributed by atoms with Gasteiger partial charge in [0.15, 0.2) is 0 Å². The van der Waals surface area contributed by atoms with Crippen molar-refractivity contribution in [3.63, 3.8) is 0 Å². The van der Waals surface area contributed by atoms with Crippen molar-refractivity contribution in [2.45, 2.75) is 25.8 Å². The first kappa shape index (κ1) is 20.0. The normalized spacial score (nSPS) is 11.4. The molecule has 0 aliphatic rings. The Hall–Kier alpha value is -1.01. The molecule has 0 aliphatic carbocycles. The van der Waals surface area contributed by atoms with Gasteiger partial charge in [-0.05, 0) is 31.5 Å².